The zero-order valence-electron chi connectivity index (χ0n) is 11.3. The van der Waals surface area contributed by atoms with Crippen molar-refractivity contribution < 1.29 is 9.13 Å². The van der Waals surface area contributed by atoms with E-state index in [0.717, 1.165) is 0 Å². The van der Waals surface area contributed by atoms with Gasteiger partial charge in [0.05, 0.1) is 7.11 Å². The number of aromatic nitrogens is 2. The van der Waals surface area contributed by atoms with Gasteiger partial charge in [-0.05, 0) is 12.1 Å². The molecule has 0 aliphatic carbocycles. The van der Waals surface area contributed by atoms with Crippen LogP contribution in [-0.4, -0.2) is 17.1 Å². The summed E-state index contributed by atoms with van der Waals surface area (Å²) in [6, 6.07) is 6.14. The first-order valence-corrected chi connectivity index (χ1v) is 6.11. The van der Waals surface area contributed by atoms with Crippen LogP contribution in [0.5, 0.6) is 5.75 Å². The highest BCUT2D eigenvalue weighted by Gasteiger charge is 2.06. The Hall–Kier alpha value is -2.41. The summed E-state index contributed by atoms with van der Waals surface area (Å²) >= 11 is 0. The van der Waals surface area contributed by atoms with Crippen molar-refractivity contribution in [1.82, 2.24) is 9.97 Å². The Kier molecular flexibility index (Phi) is 4.31. The molecule has 0 aliphatic heterocycles. The van der Waals surface area contributed by atoms with Crippen LogP contribution in [-0.2, 0) is 6.42 Å². The summed E-state index contributed by atoms with van der Waals surface area (Å²) in [5, 5.41) is 3.06. The number of hydrogen-bond donors (Lipinski definition) is 3. The highest BCUT2D eigenvalue weighted by molar-refractivity contribution is 5.60. The lowest BCUT2D eigenvalue weighted by Crippen LogP contribution is -2.11. The molecular weight excluding hydrogens is 261 g/mol. The highest BCUT2D eigenvalue weighted by Crippen LogP contribution is 2.24. The van der Waals surface area contributed by atoms with E-state index in [1.165, 1.54) is 13.2 Å². The Morgan fingerprint density at radius 2 is 2.00 bits per heavy atom. The number of halogens is 1. The predicted molar refractivity (Wildman–Crippen MR) is 75.5 cm³/mol. The summed E-state index contributed by atoms with van der Waals surface area (Å²) in [5.74, 6) is 6.84. The largest absolute Gasteiger partial charge is 0.494 e. The Labute approximate surface area is 116 Å². The maximum atomic E-state index is 13.3. The van der Waals surface area contributed by atoms with Gasteiger partial charge in [0.15, 0.2) is 11.6 Å². The number of hydrazine groups is 1. The minimum atomic E-state index is -0.417. The highest BCUT2D eigenvalue weighted by atomic mass is 19.1. The van der Waals surface area contributed by atoms with Crippen molar-refractivity contribution >= 4 is 17.3 Å². The maximum absolute atomic E-state index is 13.3. The first kappa shape index (κ1) is 14.0. The molecule has 6 nitrogen and oxygen atoms in total. The van der Waals surface area contributed by atoms with Gasteiger partial charge < -0.3 is 15.5 Å². The van der Waals surface area contributed by atoms with Gasteiger partial charge in [-0.25, -0.2) is 20.2 Å². The number of nitrogens with two attached hydrogens (primary N) is 1. The number of ether oxygens (including phenoxy) is 1. The summed E-state index contributed by atoms with van der Waals surface area (Å²) in [7, 11) is 1.42. The molecule has 0 bridgehead atoms. The molecule has 0 fully saturated rings. The third-order valence-electron chi connectivity index (χ3n) is 2.66. The maximum Gasteiger partial charge on any atom is 0.165 e. The molecule has 20 heavy (non-hydrogen) atoms. The molecule has 2 aromatic rings. The second kappa shape index (κ2) is 6.16. The number of anilines is 3. The van der Waals surface area contributed by atoms with Crippen LogP contribution in [0.15, 0.2) is 24.3 Å². The number of benzene rings is 1. The van der Waals surface area contributed by atoms with Crippen molar-refractivity contribution in [3.63, 3.8) is 0 Å². The summed E-state index contributed by atoms with van der Waals surface area (Å²) < 4.78 is 18.3. The van der Waals surface area contributed by atoms with E-state index in [0.29, 0.717) is 29.6 Å². The zero-order chi connectivity index (χ0) is 14.5. The van der Waals surface area contributed by atoms with Gasteiger partial charge in [-0.15, -0.1) is 0 Å². The molecule has 7 heteroatoms. The van der Waals surface area contributed by atoms with Gasteiger partial charge in [0.2, 0.25) is 0 Å². The molecule has 2 rings (SSSR count). The summed E-state index contributed by atoms with van der Waals surface area (Å²) in [6.07, 6.45) is 0.678. The third-order valence-corrected chi connectivity index (χ3v) is 2.66. The van der Waals surface area contributed by atoms with E-state index in [1.54, 1.807) is 18.2 Å². The van der Waals surface area contributed by atoms with Crippen molar-refractivity contribution in [3.8, 4) is 5.75 Å². The SMILES string of the molecule is CCc1nc(NN)cc(Nc2ccc(F)c(OC)c2)n1. The van der Waals surface area contributed by atoms with Crippen LogP contribution in [0.2, 0.25) is 0 Å². The van der Waals surface area contributed by atoms with Crippen molar-refractivity contribution in [3.05, 3.63) is 35.9 Å². The zero-order valence-corrected chi connectivity index (χ0v) is 11.3. The summed E-state index contributed by atoms with van der Waals surface area (Å²) in [5.41, 5.74) is 3.14. The van der Waals surface area contributed by atoms with Gasteiger partial charge in [0, 0.05) is 24.2 Å². The number of nitrogen functional groups attached to an aromatic ring is 1. The molecular formula is C13H16FN5O. The van der Waals surface area contributed by atoms with Gasteiger partial charge in [0.1, 0.15) is 17.5 Å². The van der Waals surface area contributed by atoms with Gasteiger partial charge in [-0.3, -0.25) is 0 Å². The Morgan fingerprint density at radius 1 is 1.25 bits per heavy atom. The number of nitrogens with one attached hydrogen (secondary N) is 2. The fourth-order valence-corrected chi connectivity index (χ4v) is 1.68. The Morgan fingerprint density at radius 3 is 2.65 bits per heavy atom. The van der Waals surface area contributed by atoms with E-state index >= 15 is 0 Å². The van der Waals surface area contributed by atoms with Crippen LogP contribution in [0.1, 0.15) is 12.7 Å². The number of rotatable bonds is 5. The lowest BCUT2D eigenvalue weighted by Gasteiger charge is -2.10. The summed E-state index contributed by atoms with van der Waals surface area (Å²) in [4.78, 5) is 8.51. The molecule has 4 N–H and O–H groups in total. The lowest BCUT2D eigenvalue weighted by molar-refractivity contribution is 0.387. The van der Waals surface area contributed by atoms with Crippen LogP contribution >= 0.6 is 0 Å². The second-order valence-electron chi connectivity index (χ2n) is 4.03. The third kappa shape index (κ3) is 3.12. The van der Waals surface area contributed by atoms with Crippen molar-refractivity contribution in [2.45, 2.75) is 13.3 Å². The van der Waals surface area contributed by atoms with E-state index in [4.69, 9.17) is 10.6 Å². The van der Waals surface area contributed by atoms with Crippen LogP contribution in [0.4, 0.5) is 21.7 Å². The monoisotopic (exact) mass is 277 g/mol. The molecule has 0 unspecified atom stereocenters. The molecule has 0 radical (unpaired) electrons. The normalized spacial score (nSPS) is 10.2. The molecule has 0 aliphatic rings. The van der Waals surface area contributed by atoms with Crippen LogP contribution in [0, 0.1) is 5.82 Å². The molecule has 0 saturated heterocycles. The van der Waals surface area contributed by atoms with Crippen LogP contribution in [0.25, 0.3) is 0 Å². The smallest absolute Gasteiger partial charge is 0.165 e. The van der Waals surface area contributed by atoms with Gasteiger partial charge >= 0.3 is 0 Å². The molecule has 0 saturated carbocycles. The van der Waals surface area contributed by atoms with Crippen LogP contribution < -0.4 is 21.3 Å². The molecule has 0 spiro atoms. The fourth-order valence-electron chi connectivity index (χ4n) is 1.68. The Balaban J connectivity index is 2.29. The van der Waals surface area contributed by atoms with Gasteiger partial charge in [0.25, 0.3) is 0 Å². The lowest BCUT2D eigenvalue weighted by atomic mass is 10.3. The number of methoxy groups -OCH3 is 1. The van der Waals surface area contributed by atoms with Crippen LogP contribution in [0.3, 0.4) is 0 Å². The van der Waals surface area contributed by atoms with E-state index in [1.807, 2.05) is 6.92 Å². The minimum absolute atomic E-state index is 0.164. The van der Waals surface area contributed by atoms with Crippen molar-refractivity contribution in [2.75, 3.05) is 17.9 Å². The summed E-state index contributed by atoms with van der Waals surface area (Å²) in [6.45, 7) is 1.94. The average Bonchev–Trinajstić information content (AvgIpc) is 2.48. The Bertz CT molecular complexity index is 583. The fraction of sp³-hybridized carbons (Fsp3) is 0.231. The molecule has 1 aromatic carbocycles. The van der Waals surface area contributed by atoms with E-state index in [-0.39, 0.29) is 5.75 Å². The second-order valence-corrected chi connectivity index (χ2v) is 4.03. The minimum Gasteiger partial charge on any atom is -0.494 e. The molecule has 0 amide bonds. The molecule has 1 aromatic heterocycles. The number of aryl methyl sites for hydroxylation is 1. The predicted octanol–water partition coefficient (Wildman–Crippen LogP) is 2.22. The van der Waals surface area contributed by atoms with Gasteiger partial charge in [-0.2, -0.15) is 0 Å². The number of nitrogens with zero attached hydrogens (tertiary/aromatic N) is 2. The van der Waals surface area contributed by atoms with Crippen molar-refractivity contribution in [2.24, 2.45) is 5.84 Å². The molecule has 106 valence electrons. The quantitative estimate of drug-likeness (QED) is 0.574. The first-order chi connectivity index (χ1) is 9.66. The van der Waals surface area contributed by atoms with E-state index < -0.39 is 5.82 Å². The standard InChI is InChI=1S/C13H16FN5O/c1-3-11-17-12(7-13(18-11)19-15)16-8-4-5-9(14)10(6-8)20-2/h4-7H,3,15H2,1-2H3,(H2,16,17,18,19). The van der Waals surface area contributed by atoms with E-state index in [9.17, 15) is 4.39 Å². The van der Waals surface area contributed by atoms with E-state index in [2.05, 4.69) is 20.7 Å². The first-order valence-electron chi connectivity index (χ1n) is 6.11. The molecule has 0 atom stereocenters. The topological polar surface area (TPSA) is 85.1 Å². The molecule has 1 heterocycles. The number of hydrogen-bond acceptors (Lipinski definition) is 6. The van der Waals surface area contributed by atoms with Gasteiger partial charge in [-0.1, -0.05) is 6.92 Å². The van der Waals surface area contributed by atoms with Crippen molar-refractivity contribution in [1.29, 1.82) is 0 Å². The average molecular weight is 277 g/mol.